The van der Waals surface area contributed by atoms with Crippen molar-refractivity contribution < 1.29 is 14.5 Å². The van der Waals surface area contributed by atoms with E-state index < -0.39 is 10.8 Å². The highest BCUT2D eigenvalue weighted by Gasteiger charge is 2.19. The molecule has 0 saturated heterocycles. The van der Waals surface area contributed by atoms with E-state index in [0.29, 0.717) is 0 Å². The SMILES string of the molecule is COc1cc(C(N)=O)c(Br)cc1[N+](=O)[O-]. The molecule has 2 N–H and O–H groups in total. The van der Waals surface area contributed by atoms with Gasteiger partial charge in [-0.25, -0.2) is 0 Å². The predicted molar refractivity (Wildman–Crippen MR) is 55.9 cm³/mol. The summed E-state index contributed by atoms with van der Waals surface area (Å²) in [6.45, 7) is 0. The van der Waals surface area contributed by atoms with E-state index in [0.717, 1.165) is 0 Å². The molecule has 15 heavy (non-hydrogen) atoms. The molecule has 0 saturated carbocycles. The zero-order valence-electron chi connectivity index (χ0n) is 7.69. The summed E-state index contributed by atoms with van der Waals surface area (Å²) < 4.78 is 5.05. The molecule has 1 aromatic rings. The van der Waals surface area contributed by atoms with Crippen LogP contribution in [0.2, 0.25) is 0 Å². The third-order valence-electron chi connectivity index (χ3n) is 1.73. The number of carbonyl (C=O) groups is 1. The number of nitro benzene ring substituents is 1. The second-order valence-electron chi connectivity index (χ2n) is 2.63. The lowest BCUT2D eigenvalue weighted by Crippen LogP contribution is -2.12. The Bertz CT molecular complexity index is 433. The number of methoxy groups -OCH3 is 1. The largest absolute Gasteiger partial charge is 0.490 e. The first-order chi connectivity index (χ1) is 6.97. The van der Waals surface area contributed by atoms with E-state index in [-0.39, 0.29) is 21.5 Å². The van der Waals surface area contributed by atoms with E-state index in [1.54, 1.807) is 0 Å². The Hall–Kier alpha value is -1.63. The van der Waals surface area contributed by atoms with Crippen molar-refractivity contribution in [3.63, 3.8) is 0 Å². The van der Waals surface area contributed by atoms with Crippen molar-refractivity contribution in [3.8, 4) is 5.75 Å². The number of nitrogens with zero attached hydrogens (tertiary/aromatic N) is 1. The van der Waals surface area contributed by atoms with Crippen LogP contribution in [0.4, 0.5) is 5.69 Å². The molecule has 0 radical (unpaired) electrons. The van der Waals surface area contributed by atoms with Gasteiger partial charge in [-0.1, -0.05) is 0 Å². The van der Waals surface area contributed by atoms with Crippen LogP contribution < -0.4 is 10.5 Å². The maximum Gasteiger partial charge on any atom is 0.312 e. The van der Waals surface area contributed by atoms with E-state index in [4.69, 9.17) is 10.5 Å². The van der Waals surface area contributed by atoms with Crippen molar-refractivity contribution in [1.29, 1.82) is 0 Å². The number of benzene rings is 1. The number of carbonyl (C=O) groups excluding carboxylic acids is 1. The number of nitro groups is 1. The summed E-state index contributed by atoms with van der Waals surface area (Å²) in [5.41, 5.74) is 4.98. The third-order valence-corrected chi connectivity index (χ3v) is 2.39. The number of nitrogens with two attached hydrogens (primary N) is 1. The molecule has 80 valence electrons. The number of ether oxygens (including phenoxy) is 1. The molecular weight excluding hydrogens is 268 g/mol. The zero-order chi connectivity index (χ0) is 11.6. The molecule has 1 aromatic carbocycles. The lowest BCUT2D eigenvalue weighted by atomic mass is 10.2. The summed E-state index contributed by atoms with van der Waals surface area (Å²) >= 11 is 3.02. The molecule has 1 rings (SSSR count). The van der Waals surface area contributed by atoms with Gasteiger partial charge in [-0.2, -0.15) is 0 Å². The number of halogens is 1. The average molecular weight is 275 g/mol. The van der Waals surface area contributed by atoms with Crippen LogP contribution in [0.5, 0.6) is 5.75 Å². The molecule has 1 amide bonds. The maximum absolute atomic E-state index is 10.9. The molecule has 0 aromatic heterocycles. The molecule has 6 nitrogen and oxygen atoms in total. The fraction of sp³-hybridized carbons (Fsp3) is 0.125. The molecule has 7 heteroatoms. The van der Waals surface area contributed by atoms with Crippen molar-refractivity contribution in [2.45, 2.75) is 0 Å². The van der Waals surface area contributed by atoms with Crippen molar-refractivity contribution in [1.82, 2.24) is 0 Å². The smallest absolute Gasteiger partial charge is 0.312 e. The number of rotatable bonds is 3. The van der Waals surface area contributed by atoms with Crippen LogP contribution in [-0.2, 0) is 0 Å². The van der Waals surface area contributed by atoms with E-state index in [2.05, 4.69) is 15.9 Å². The van der Waals surface area contributed by atoms with Crippen molar-refractivity contribution >= 4 is 27.5 Å². The summed E-state index contributed by atoms with van der Waals surface area (Å²) in [6.07, 6.45) is 0. The molecule has 0 unspecified atom stereocenters. The van der Waals surface area contributed by atoms with Gasteiger partial charge in [0, 0.05) is 16.6 Å². The Labute approximate surface area is 93.3 Å². The standard InChI is InChI=1S/C8H7BrN2O4/c1-15-7-2-4(8(10)12)5(9)3-6(7)11(13)14/h2-3H,1H3,(H2,10,12). The third kappa shape index (κ3) is 2.24. The zero-order valence-corrected chi connectivity index (χ0v) is 9.28. The Morgan fingerprint density at radius 1 is 1.60 bits per heavy atom. The van der Waals surface area contributed by atoms with Crippen molar-refractivity contribution in [2.24, 2.45) is 5.73 Å². The topological polar surface area (TPSA) is 95.5 Å². The number of amides is 1. The Kier molecular flexibility index (Phi) is 3.25. The van der Waals surface area contributed by atoms with Gasteiger partial charge in [0.25, 0.3) is 0 Å². The minimum absolute atomic E-state index is 0.00278. The summed E-state index contributed by atoms with van der Waals surface area (Å²) in [5, 5.41) is 10.6. The van der Waals surface area contributed by atoms with E-state index in [1.165, 1.54) is 19.2 Å². The van der Waals surface area contributed by atoms with E-state index in [1.807, 2.05) is 0 Å². The first kappa shape index (κ1) is 11.4. The first-order valence-electron chi connectivity index (χ1n) is 3.79. The molecule has 0 bridgehead atoms. The number of hydrogen-bond donors (Lipinski definition) is 1. The van der Waals surface area contributed by atoms with E-state index >= 15 is 0 Å². The van der Waals surface area contributed by atoms with Gasteiger partial charge in [0.05, 0.1) is 17.6 Å². The summed E-state index contributed by atoms with van der Waals surface area (Å²) in [7, 11) is 1.28. The minimum Gasteiger partial charge on any atom is -0.490 e. The molecule has 0 aliphatic carbocycles. The average Bonchev–Trinajstić information content (AvgIpc) is 2.16. The van der Waals surface area contributed by atoms with Crippen LogP contribution in [0.25, 0.3) is 0 Å². The Balaban J connectivity index is 3.42. The first-order valence-corrected chi connectivity index (χ1v) is 4.58. The summed E-state index contributed by atoms with van der Waals surface area (Å²) in [6, 6.07) is 2.41. The van der Waals surface area contributed by atoms with Crippen LogP contribution >= 0.6 is 15.9 Å². The lowest BCUT2D eigenvalue weighted by Gasteiger charge is -2.05. The quantitative estimate of drug-likeness (QED) is 0.667. The van der Waals surface area contributed by atoms with Crippen molar-refractivity contribution in [2.75, 3.05) is 7.11 Å². The van der Waals surface area contributed by atoms with Gasteiger partial charge in [0.1, 0.15) is 0 Å². The highest BCUT2D eigenvalue weighted by molar-refractivity contribution is 9.10. The second-order valence-corrected chi connectivity index (χ2v) is 3.48. The molecule has 0 spiro atoms. The highest BCUT2D eigenvalue weighted by Crippen LogP contribution is 2.32. The normalized spacial score (nSPS) is 9.73. The van der Waals surface area contributed by atoms with Gasteiger partial charge in [0.15, 0.2) is 5.75 Å². The molecule has 0 atom stereocenters. The predicted octanol–water partition coefficient (Wildman–Crippen LogP) is 1.46. The van der Waals surface area contributed by atoms with Gasteiger partial charge >= 0.3 is 5.69 Å². The number of primary amides is 1. The van der Waals surface area contributed by atoms with Crippen LogP contribution in [0.15, 0.2) is 16.6 Å². The van der Waals surface area contributed by atoms with Gasteiger partial charge in [0.2, 0.25) is 5.91 Å². The maximum atomic E-state index is 10.9. The van der Waals surface area contributed by atoms with Gasteiger partial charge in [-0.15, -0.1) is 0 Å². The summed E-state index contributed by atoms with van der Waals surface area (Å²) in [4.78, 5) is 20.9. The Morgan fingerprint density at radius 2 is 2.20 bits per heavy atom. The molecule has 0 aliphatic heterocycles. The molecule has 0 aliphatic rings. The van der Waals surface area contributed by atoms with Crippen LogP contribution in [0.3, 0.4) is 0 Å². The lowest BCUT2D eigenvalue weighted by molar-refractivity contribution is -0.385. The van der Waals surface area contributed by atoms with Gasteiger partial charge in [-0.05, 0) is 15.9 Å². The summed E-state index contributed by atoms with van der Waals surface area (Å²) in [5.74, 6) is -0.688. The fourth-order valence-electron chi connectivity index (χ4n) is 1.04. The second kappa shape index (κ2) is 4.26. The van der Waals surface area contributed by atoms with E-state index in [9.17, 15) is 14.9 Å². The highest BCUT2D eigenvalue weighted by atomic mass is 79.9. The van der Waals surface area contributed by atoms with Crippen LogP contribution in [0, 0.1) is 10.1 Å². The van der Waals surface area contributed by atoms with Crippen LogP contribution in [-0.4, -0.2) is 17.9 Å². The van der Waals surface area contributed by atoms with Crippen molar-refractivity contribution in [3.05, 3.63) is 32.3 Å². The monoisotopic (exact) mass is 274 g/mol. The minimum atomic E-state index is -0.685. The Morgan fingerprint density at radius 3 is 2.60 bits per heavy atom. The molecule has 0 heterocycles. The van der Waals surface area contributed by atoms with Crippen LogP contribution in [0.1, 0.15) is 10.4 Å². The fourth-order valence-corrected chi connectivity index (χ4v) is 1.56. The number of hydrogen-bond acceptors (Lipinski definition) is 4. The molecule has 0 fully saturated rings. The van der Waals surface area contributed by atoms with Gasteiger partial charge in [-0.3, -0.25) is 14.9 Å². The molecular formula is C8H7BrN2O4. The van der Waals surface area contributed by atoms with Gasteiger partial charge < -0.3 is 10.5 Å².